The van der Waals surface area contributed by atoms with Crippen molar-refractivity contribution in [2.45, 2.75) is 45.8 Å². The second-order valence-corrected chi connectivity index (χ2v) is 11.5. The first-order valence-corrected chi connectivity index (χ1v) is 13.7. The lowest BCUT2D eigenvalue weighted by atomic mass is 9.87. The Labute approximate surface area is 223 Å². The standard InChI is InChI=1S/C29H37FN4O2S/c1-29(2,3)24-8-4-22(5-9-24)18-34(19-23-6-10-25(30)11-7-23)20-27-32-26(21-37-27)28(35)31-12-13-33-14-16-36-17-15-33/h4-11,21H,12-20H2,1-3H3,(H,31,35). The van der Waals surface area contributed by atoms with Crippen LogP contribution in [0.5, 0.6) is 0 Å². The Morgan fingerprint density at radius 2 is 1.65 bits per heavy atom. The monoisotopic (exact) mass is 524 g/mol. The average Bonchev–Trinajstić information content (AvgIpc) is 3.34. The number of benzene rings is 2. The number of aromatic nitrogens is 1. The van der Waals surface area contributed by atoms with Crippen molar-refractivity contribution < 1.29 is 13.9 Å². The van der Waals surface area contributed by atoms with Gasteiger partial charge in [-0.3, -0.25) is 14.6 Å². The third kappa shape index (κ3) is 8.43. The van der Waals surface area contributed by atoms with Crippen molar-refractivity contribution in [3.05, 3.63) is 87.1 Å². The molecule has 6 nitrogen and oxygen atoms in total. The van der Waals surface area contributed by atoms with Crippen LogP contribution in [0.3, 0.4) is 0 Å². The smallest absolute Gasteiger partial charge is 0.270 e. The summed E-state index contributed by atoms with van der Waals surface area (Å²) in [6, 6.07) is 15.4. The molecule has 8 heteroatoms. The van der Waals surface area contributed by atoms with E-state index in [4.69, 9.17) is 4.74 Å². The lowest BCUT2D eigenvalue weighted by Crippen LogP contribution is -2.41. The molecule has 1 fully saturated rings. The number of thiazole rings is 1. The van der Waals surface area contributed by atoms with Crippen molar-refractivity contribution in [2.24, 2.45) is 0 Å². The SMILES string of the molecule is CC(C)(C)c1ccc(CN(Cc2ccc(F)cc2)Cc2nc(C(=O)NCCN3CCOCC3)cs2)cc1. The van der Waals surface area contributed by atoms with Gasteiger partial charge in [0, 0.05) is 44.6 Å². The van der Waals surface area contributed by atoms with Gasteiger partial charge in [-0.25, -0.2) is 9.37 Å². The van der Waals surface area contributed by atoms with Gasteiger partial charge in [0.05, 0.1) is 19.8 Å². The third-order valence-corrected chi connectivity index (χ3v) is 7.34. The Hall–Kier alpha value is -2.65. The van der Waals surface area contributed by atoms with Crippen LogP contribution >= 0.6 is 11.3 Å². The number of carbonyl (C=O) groups is 1. The number of carbonyl (C=O) groups excluding carboxylic acids is 1. The summed E-state index contributed by atoms with van der Waals surface area (Å²) < 4.78 is 18.8. The van der Waals surface area contributed by atoms with Crippen LogP contribution in [0.4, 0.5) is 4.39 Å². The molecule has 1 N–H and O–H groups in total. The van der Waals surface area contributed by atoms with E-state index >= 15 is 0 Å². The molecule has 1 saturated heterocycles. The fraction of sp³-hybridized carbons (Fsp3) is 0.448. The molecule has 2 heterocycles. The molecule has 0 radical (unpaired) electrons. The maximum absolute atomic E-state index is 13.5. The molecule has 4 rings (SSSR count). The van der Waals surface area contributed by atoms with Crippen LogP contribution < -0.4 is 5.32 Å². The minimum absolute atomic E-state index is 0.104. The lowest BCUT2D eigenvalue weighted by Gasteiger charge is -2.26. The minimum Gasteiger partial charge on any atom is -0.379 e. The van der Waals surface area contributed by atoms with Gasteiger partial charge in [-0.05, 0) is 34.2 Å². The van der Waals surface area contributed by atoms with Gasteiger partial charge in [0.1, 0.15) is 16.5 Å². The molecule has 0 bridgehead atoms. The average molecular weight is 525 g/mol. The molecule has 1 amide bonds. The fourth-order valence-corrected chi connectivity index (χ4v) is 5.12. The molecule has 0 unspecified atom stereocenters. The molecule has 0 spiro atoms. The number of morpholine rings is 1. The van der Waals surface area contributed by atoms with Gasteiger partial charge in [-0.1, -0.05) is 57.2 Å². The third-order valence-electron chi connectivity index (χ3n) is 6.51. The number of hydrogen-bond acceptors (Lipinski definition) is 6. The van der Waals surface area contributed by atoms with Gasteiger partial charge in [0.25, 0.3) is 5.91 Å². The van der Waals surface area contributed by atoms with Crippen molar-refractivity contribution in [1.29, 1.82) is 0 Å². The lowest BCUT2D eigenvalue weighted by molar-refractivity contribution is 0.0383. The van der Waals surface area contributed by atoms with Crippen LogP contribution in [0.2, 0.25) is 0 Å². The summed E-state index contributed by atoms with van der Waals surface area (Å²) in [5, 5.41) is 5.70. The highest BCUT2D eigenvalue weighted by atomic mass is 32.1. The van der Waals surface area contributed by atoms with Crippen molar-refractivity contribution >= 4 is 17.2 Å². The summed E-state index contributed by atoms with van der Waals surface area (Å²) >= 11 is 1.50. The molecule has 1 aliphatic heterocycles. The first-order chi connectivity index (χ1) is 17.8. The number of rotatable bonds is 10. The zero-order valence-electron chi connectivity index (χ0n) is 22.0. The molecule has 37 heavy (non-hydrogen) atoms. The maximum atomic E-state index is 13.5. The number of nitrogens with zero attached hydrogens (tertiary/aromatic N) is 3. The minimum atomic E-state index is -0.239. The van der Waals surface area contributed by atoms with E-state index in [-0.39, 0.29) is 17.1 Å². The summed E-state index contributed by atoms with van der Waals surface area (Å²) in [5.74, 6) is -0.379. The van der Waals surface area contributed by atoms with E-state index in [9.17, 15) is 9.18 Å². The molecular weight excluding hydrogens is 487 g/mol. The number of amides is 1. The van der Waals surface area contributed by atoms with E-state index in [0.29, 0.717) is 25.3 Å². The molecule has 1 aromatic heterocycles. The highest BCUT2D eigenvalue weighted by molar-refractivity contribution is 7.09. The van der Waals surface area contributed by atoms with E-state index < -0.39 is 0 Å². The Morgan fingerprint density at radius 3 is 2.27 bits per heavy atom. The van der Waals surface area contributed by atoms with Crippen molar-refractivity contribution in [3.8, 4) is 0 Å². The Morgan fingerprint density at radius 1 is 1.03 bits per heavy atom. The van der Waals surface area contributed by atoms with Gasteiger partial charge in [-0.2, -0.15) is 0 Å². The molecule has 0 atom stereocenters. The summed E-state index contributed by atoms with van der Waals surface area (Å²) in [6.45, 7) is 13.3. The van der Waals surface area contributed by atoms with Gasteiger partial charge in [0.2, 0.25) is 0 Å². The summed E-state index contributed by atoms with van der Waals surface area (Å²) in [4.78, 5) is 21.8. The summed E-state index contributed by atoms with van der Waals surface area (Å²) in [6.07, 6.45) is 0. The quantitative estimate of drug-likeness (QED) is 0.411. The predicted octanol–water partition coefficient (Wildman–Crippen LogP) is 4.84. The van der Waals surface area contributed by atoms with Crippen molar-refractivity contribution in [3.63, 3.8) is 0 Å². The highest BCUT2D eigenvalue weighted by Crippen LogP contribution is 2.23. The van der Waals surface area contributed by atoms with Crippen LogP contribution in [0.25, 0.3) is 0 Å². The maximum Gasteiger partial charge on any atom is 0.270 e. The van der Waals surface area contributed by atoms with Crippen molar-refractivity contribution in [2.75, 3.05) is 39.4 Å². The fourth-order valence-electron chi connectivity index (χ4n) is 4.31. The Kier molecular flexibility index (Phi) is 9.43. The van der Waals surface area contributed by atoms with Crippen molar-refractivity contribution in [1.82, 2.24) is 20.1 Å². The van der Waals surface area contributed by atoms with Crippen LogP contribution in [0.15, 0.2) is 53.9 Å². The Balaban J connectivity index is 1.39. The summed E-state index contributed by atoms with van der Waals surface area (Å²) in [5.41, 5.74) is 4.09. The van der Waals surface area contributed by atoms with Gasteiger partial charge in [-0.15, -0.1) is 11.3 Å². The largest absolute Gasteiger partial charge is 0.379 e. The Bertz CT molecular complexity index is 1140. The topological polar surface area (TPSA) is 57.7 Å². The second kappa shape index (κ2) is 12.7. The van der Waals surface area contributed by atoms with Crippen LogP contribution in [0, 0.1) is 5.82 Å². The number of halogens is 1. The van der Waals surface area contributed by atoms with E-state index in [2.05, 4.69) is 65.1 Å². The van der Waals surface area contributed by atoms with Crippen LogP contribution in [-0.4, -0.2) is 60.1 Å². The molecule has 2 aromatic carbocycles. The van der Waals surface area contributed by atoms with E-state index in [0.717, 1.165) is 50.0 Å². The molecule has 3 aromatic rings. The molecular formula is C29H37FN4O2S. The van der Waals surface area contributed by atoms with Crippen LogP contribution in [-0.2, 0) is 29.8 Å². The molecule has 1 aliphatic rings. The van der Waals surface area contributed by atoms with E-state index in [1.807, 2.05) is 17.5 Å². The molecule has 0 aliphatic carbocycles. The number of hydrogen-bond donors (Lipinski definition) is 1. The number of nitrogens with one attached hydrogen (secondary N) is 1. The molecule has 198 valence electrons. The number of ether oxygens (including phenoxy) is 1. The van der Waals surface area contributed by atoms with Crippen LogP contribution in [0.1, 0.15) is 53.0 Å². The van der Waals surface area contributed by atoms with E-state index in [1.165, 1.54) is 34.6 Å². The first-order valence-electron chi connectivity index (χ1n) is 12.9. The zero-order chi connectivity index (χ0) is 26.3. The predicted molar refractivity (Wildman–Crippen MR) is 146 cm³/mol. The normalized spacial score (nSPS) is 14.7. The van der Waals surface area contributed by atoms with E-state index in [1.54, 1.807) is 0 Å². The second-order valence-electron chi connectivity index (χ2n) is 10.6. The first kappa shape index (κ1) is 27.4. The van der Waals surface area contributed by atoms with Gasteiger partial charge in [0.15, 0.2) is 0 Å². The zero-order valence-corrected chi connectivity index (χ0v) is 22.8. The van der Waals surface area contributed by atoms with Gasteiger partial charge < -0.3 is 10.1 Å². The van der Waals surface area contributed by atoms with Gasteiger partial charge >= 0.3 is 0 Å². The highest BCUT2D eigenvalue weighted by Gasteiger charge is 2.17. The molecule has 0 saturated carbocycles. The summed E-state index contributed by atoms with van der Waals surface area (Å²) in [7, 11) is 0.